The number of nitrogens with zero attached hydrogens (tertiary/aromatic N) is 1. The van der Waals surface area contributed by atoms with Crippen LogP contribution in [0.2, 0.25) is 0 Å². The minimum absolute atomic E-state index is 0.0212. The highest BCUT2D eigenvalue weighted by atomic mass is 32.2. The number of aliphatic carboxylic acids is 1. The van der Waals surface area contributed by atoms with Crippen LogP contribution in [-0.4, -0.2) is 36.9 Å². The smallest absolute Gasteiger partial charge is 0.307 e. The van der Waals surface area contributed by atoms with E-state index >= 15 is 0 Å². The van der Waals surface area contributed by atoms with Gasteiger partial charge >= 0.3 is 5.97 Å². The fourth-order valence-corrected chi connectivity index (χ4v) is 4.85. The highest BCUT2D eigenvalue weighted by Gasteiger charge is 2.30. The molecule has 1 N–H and O–H groups in total. The Morgan fingerprint density at radius 1 is 1.12 bits per heavy atom. The summed E-state index contributed by atoms with van der Waals surface area (Å²) in [5, 5.41) is 8.96. The van der Waals surface area contributed by atoms with E-state index < -0.39 is 16.0 Å². The van der Waals surface area contributed by atoms with Crippen molar-refractivity contribution in [2.75, 3.05) is 13.1 Å². The third-order valence-corrected chi connectivity index (χ3v) is 6.42. The maximum absolute atomic E-state index is 12.8. The number of carbonyl (C=O) groups is 1. The molecule has 0 amide bonds. The predicted molar refractivity (Wildman–Crippen MR) is 95.0 cm³/mol. The summed E-state index contributed by atoms with van der Waals surface area (Å²) in [4.78, 5) is 11.2. The second-order valence-electron chi connectivity index (χ2n) is 6.33. The van der Waals surface area contributed by atoms with Crippen LogP contribution < -0.4 is 0 Å². The Labute approximate surface area is 148 Å². The molecule has 0 radical (unpaired) electrons. The molecule has 3 rings (SSSR count). The van der Waals surface area contributed by atoms with Crippen molar-refractivity contribution in [2.45, 2.75) is 30.1 Å². The molecule has 6 heteroatoms. The van der Waals surface area contributed by atoms with E-state index in [0.717, 1.165) is 24.0 Å². The minimum Gasteiger partial charge on any atom is -0.481 e. The Kier molecular flexibility index (Phi) is 5.20. The molecule has 1 aliphatic heterocycles. The molecular weight excluding hydrogens is 338 g/mol. The van der Waals surface area contributed by atoms with Gasteiger partial charge in [-0.15, -0.1) is 0 Å². The van der Waals surface area contributed by atoms with Gasteiger partial charge in [0, 0.05) is 13.1 Å². The number of piperidine rings is 1. The summed E-state index contributed by atoms with van der Waals surface area (Å²) in [5.41, 5.74) is 1.75. The van der Waals surface area contributed by atoms with Gasteiger partial charge in [0.1, 0.15) is 0 Å². The standard InChI is InChI=1S/C19H21NO4S/c21-19(22)13-15-6-4-7-16(12-15)17-8-5-11-20(14-17)25(23,24)18-9-2-1-3-10-18/h1-4,6-7,9-10,12,17H,5,8,11,13-14H2,(H,21,22). The van der Waals surface area contributed by atoms with E-state index in [1.807, 2.05) is 18.2 Å². The van der Waals surface area contributed by atoms with Crippen molar-refractivity contribution in [3.05, 3.63) is 65.7 Å². The van der Waals surface area contributed by atoms with Crippen molar-refractivity contribution in [2.24, 2.45) is 0 Å². The Morgan fingerprint density at radius 2 is 1.88 bits per heavy atom. The minimum atomic E-state index is -3.49. The van der Waals surface area contributed by atoms with Gasteiger partial charge in [0.2, 0.25) is 10.0 Å². The average molecular weight is 359 g/mol. The van der Waals surface area contributed by atoms with Crippen LogP contribution in [-0.2, 0) is 21.2 Å². The molecule has 0 aromatic heterocycles. The van der Waals surface area contributed by atoms with Crippen molar-refractivity contribution < 1.29 is 18.3 Å². The number of sulfonamides is 1. The maximum atomic E-state index is 12.8. The lowest BCUT2D eigenvalue weighted by Crippen LogP contribution is -2.39. The number of benzene rings is 2. The topological polar surface area (TPSA) is 74.7 Å². The van der Waals surface area contributed by atoms with E-state index in [1.54, 1.807) is 40.7 Å². The van der Waals surface area contributed by atoms with Crippen LogP contribution in [0.25, 0.3) is 0 Å². The second kappa shape index (κ2) is 7.37. The molecule has 2 aromatic rings. The molecule has 1 aliphatic rings. The van der Waals surface area contributed by atoms with E-state index in [0.29, 0.717) is 18.0 Å². The Morgan fingerprint density at radius 3 is 2.60 bits per heavy atom. The second-order valence-corrected chi connectivity index (χ2v) is 8.27. The normalized spacial score (nSPS) is 18.8. The monoisotopic (exact) mass is 359 g/mol. The van der Waals surface area contributed by atoms with E-state index in [4.69, 9.17) is 5.11 Å². The zero-order valence-electron chi connectivity index (χ0n) is 13.8. The molecule has 0 spiro atoms. The summed E-state index contributed by atoms with van der Waals surface area (Å²) in [6, 6.07) is 16.0. The lowest BCUT2D eigenvalue weighted by atomic mass is 9.90. The van der Waals surface area contributed by atoms with E-state index in [9.17, 15) is 13.2 Å². The van der Waals surface area contributed by atoms with Crippen LogP contribution in [0.3, 0.4) is 0 Å². The Hall–Kier alpha value is -2.18. The van der Waals surface area contributed by atoms with Crippen LogP contribution in [0.15, 0.2) is 59.5 Å². The van der Waals surface area contributed by atoms with Crippen molar-refractivity contribution in [3.63, 3.8) is 0 Å². The van der Waals surface area contributed by atoms with Crippen LogP contribution in [0.4, 0.5) is 0 Å². The van der Waals surface area contributed by atoms with E-state index in [2.05, 4.69) is 0 Å². The first-order valence-corrected chi connectivity index (χ1v) is 9.76. The molecule has 1 saturated heterocycles. The molecule has 132 valence electrons. The SMILES string of the molecule is O=C(O)Cc1cccc(C2CCCN(S(=O)(=O)c3ccccc3)C2)c1. The lowest BCUT2D eigenvalue weighted by Gasteiger charge is -2.32. The molecule has 0 aliphatic carbocycles. The average Bonchev–Trinajstić information content (AvgIpc) is 2.62. The fourth-order valence-electron chi connectivity index (χ4n) is 3.31. The Balaban J connectivity index is 1.81. The number of rotatable bonds is 5. The highest BCUT2D eigenvalue weighted by Crippen LogP contribution is 2.30. The first-order chi connectivity index (χ1) is 12.0. The first-order valence-electron chi connectivity index (χ1n) is 8.32. The zero-order chi connectivity index (χ0) is 17.9. The van der Waals surface area contributed by atoms with Gasteiger partial charge in [-0.2, -0.15) is 4.31 Å². The summed E-state index contributed by atoms with van der Waals surface area (Å²) in [6.07, 6.45) is 1.67. The number of hydrogen-bond donors (Lipinski definition) is 1. The number of hydrogen-bond acceptors (Lipinski definition) is 3. The molecule has 0 saturated carbocycles. The lowest BCUT2D eigenvalue weighted by molar-refractivity contribution is -0.136. The third kappa shape index (κ3) is 4.08. The summed E-state index contributed by atoms with van der Waals surface area (Å²) in [5.74, 6) is -0.782. The van der Waals surface area contributed by atoms with E-state index in [-0.39, 0.29) is 12.3 Å². The first kappa shape index (κ1) is 17.6. The largest absolute Gasteiger partial charge is 0.481 e. The number of carboxylic acids is 1. The van der Waals surface area contributed by atoms with Crippen LogP contribution in [0, 0.1) is 0 Å². The van der Waals surface area contributed by atoms with Gasteiger partial charge < -0.3 is 5.11 Å². The van der Waals surface area contributed by atoms with Crippen molar-refractivity contribution in [1.29, 1.82) is 0 Å². The zero-order valence-corrected chi connectivity index (χ0v) is 14.7. The van der Waals surface area contributed by atoms with Crippen LogP contribution in [0.1, 0.15) is 29.9 Å². The van der Waals surface area contributed by atoms with Crippen molar-refractivity contribution >= 4 is 16.0 Å². The van der Waals surface area contributed by atoms with E-state index in [1.165, 1.54) is 0 Å². The Bertz CT molecular complexity index is 849. The molecule has 1 unspecified atom stereocenters. The van der Waals surface area contributed by atoms with Crippen LogP contribution >= 0.6 is 0 Å². The molecule has 1 fully saturated rings. The summed E-state index contributed by atoms with van der Waals surface area (Å²) in [6.45, 7) is 0.941. The van der Waals surface area contributed by atoms with Gasteiger partial charge in [-0.05, 0) is 42.0 Å². The summed E-state index contributed by atoms with van der Waals surface area (Å²) >= 11 is 0. The molecular formula is C19H21NO4S. The van der Waals surface area contributed by atoms with Gasteiger partial charge in [0.05, 0.1) is 11.3 Å². The molecule has 25 heavy (non-hydrogen) atoms. The predicted octanol–water partition coefficient (Wildman–Crippen LogP) is 2.88. The summed E-state index contributed by atoms with van der Waals surface area (Å²) < 4.78 is 27.2. The van der Waals surface area contributed by atoms with Gasteiger partial charge in [0.25, 0.3) is 0 Å². The third-order valence-electron chi connectivity index (χ3n) is 4.54. The molecule has 1 atom stereocenters. The maximum Gasteiger partial charge on any atom is 0.307 e. The van der Waals surface area contributed by atoms with Gasteiger partial charge in [-0.3, -0.25) is 4.79 Å². The van der Waals surface area contributed by atoms with Crippen molar-refractivity contribution in [1.82, 2.24) is 4.31 Å². The molecule has 5 nitrogen and oxygen atoms in total. The fraction of sp³-hybridized carbons (Fsp3) is 0.316. The molecule has 1 heterocycles. The van der Waals surface area contributed by atoms with Crippen LogP contribution in [0.5, 0.6) is 0 Å². The quantitative estimate of drug-likeness (QED) is 0.891. The molecule has 2 aromatic carbocycles. The highest BCUT2D eigenvalue weighted by molar-refractivity contribution is 7.89. The van der Waals surface area contributed by atoms with Gasteiger partial charge in [0.15, 0.2) is 0 Å². The number of carboxylic acid groups (broad SMARTS) is 1. The summed E-state index contributed by atoms with van der Waals surface area (Å²) in [7, 11) is -3.49. The van der Waals surface area contributed by atoms with Gasteiger partial charge in [-0.25, -0.2) is 8.42 Å². The van der Waals surface area contributed by atoms with Crippen molar-refractivity contribution in [3.8, 4) is 0 Å². The van der Waals surface area contributed by atoms with Gasteiger partial charge in [-0.1, -0.05) is 42.5 Å². The molecule has 0 bridgehead atoms.